The van der Waals surface area contributed by atoms with E-state index >= 15 is 0 Å². The molecule has 5 heterocycles. The van der Waals surface area contributed by atoms with Gasteiger partial charge in [-0.25, -0.2) is 9.67 Å². The Morgan fingerprint density at radius 1 is 1.10 bits per heavy atom. The molecule has 2 atom stereocenters. The molecule has 3 aliphatic heterocycles. The summed E-state index contributed by atoms with van der Waals surface area (Å²) in [4.78, 5) is 36.9. The van der Waals surface area contributed by atoms with Crippen molar-refractivity contribution in [3.63, 3.8) is 0 Å². The van der Waals surface area contributed by atoms with Crippen molar-refractivity contribution in [2.75, 3.05) is 31.6 Å². The largest absolute Gasteiger partial charge is 0.381 e. The molecule has 1 saturated carbocycles. The van der Waals surface area contributed by atoms with Gasteiger partial charge in [-0.3, -0.25) is 14.5 Å². The van der Waals surface area contributed by atoms with Crippen molar-refractivity contribution in [1.29, 1.82) is 0 Å². The van der Waals surface area contributed by atoms with E-state index in [0.29, 0.717) is 64.2 Å². The summed E-state index contributed by atoms with van der Waals surface area (Å²) in [7, 11) is 0. The number of aromatic nitrogens is 3. The zero-order valence-corrected chi connectivity index (χ0v) is 30.8. The second-order valence-electron chi connectivity index (χ2n) is 15.4. The SMILES string of the molecule is CCc1nc2c(cnn2CC)c(NC2CCOCC2)c1CN(Cc1ccc(C)c(-c2cccc(CN3C[C@@H]4C[C@H]3CN4)c2)c1)C(=O)C1(C(N)=O)CC1. The van der Waals surface area contributed by atoms with Gasteiger partial charge in [-0.1, -0.05) is 37.3 Å². The zero-order valence-electron chi connectivity index (χ0n) is 30.8. The van der Waals surface area contributed by atoms with Gasteiger partial charge in [-0.15, -0.1) is 0 Å². The summed E-state index contributed by atoms with van der Waals surface area (Å²) >= 11 is 0. The molecule has 0 spiro atoms. The monoisotopic (exact) mass is 704 g/mol. The number of benzene rings is 2. The van der Waals surface area contributed by atoms with Gasteiger partial charge < -0.3 is 26.0 Å². The van der Waals surface area contributed by atoms with Crippen molar-refractivity contribution in [2.24, 2.45) is 11.1 Å². The van der Waals surface area contributed by atoms with E-state index in [2.05, 4.69) is 83.9 Å². The topological polar surface area (TPSA) is 131 Å². The average molecular weight is 705 g/mol. The van der Waals surface area contributed by atoms with Gasteiger partial charge in [-0.2, -0.15) is 5.10 Å². The minimum Gasteiger partial charge on any atom is -0.381 e. The van der Waals surface area contributed by atoms with Crippen LogP contribution in [0.2, 0.25) is 0 Å². The van der Waals surface area contributed by atoms with Crippen molar-refractivity contribution in [1.82, 2.24) is 29.9 Å². The van der Waals surface area contributed by atoms with Crippen LogP contribution in [0.15, 0.2) is 48.7 Å². The van der Waals surface area contributed by atoms with E-state index in [1.807, 2.05) is 15.8 Å². The van der Waals surface area contributed by atoms with Crippen molar-refractivity contribution < 1.29 is 14.3 Å². The lowest BCUT2D eigenvalue weighted by Gasteiger charge is -2.30. The van der Waals surface area contributed by atoms with Crippen molar-refractivity contribution >= 4 is 28.5 Å². The molecule has 0 unspecified atom stereocenters. The summed E-state index contributed by atoms with van der Waals surface area (Å²) < 4.78 is 7.61. The molecule has 52 heavy (non-hydrogen) atoms. The van der Waals surface area contributed by atoms with Crippen LogP contribution in [-0.4, -0.2) is 80.8 Å². The number of carbonyl (C=O) groups is 2. The van der Waals surface area contributed by atoms with Gasteiger partial charge in [0.25, 0.3) is 0 Å². The molecule has 1 aliphatic carbocycles. The van der Waals surface area contributed by atoms with Crippen LogP contribution >= 0.6 is 0 Å². The number of primary amides is 1. The average Bonchev–Trinajstić information content (AvgIpc) is 3.46. The Kier molecular flexibility index (Phi) is 9.52. The molecular formula is C41H52N8O3. The molecule has 2 amide bonds. The van der Waals surface area contributed by atoms with E-state index in [0.717, 1.165) is 71.6 Å². The number of ether oxygens (including phenoxy) is 1. The fourth-order valence-corrected chi connectivity index (χ4v) is 8.68. The molecule has 0 radical (unpaired) electrons. The lowest BCUT2D eigenvalue weighted by Crippen LogP contribution is -2.43. The van der Waals surface area contributed by atoms with Crippen LogP contribution < -0.4 is 16.4 Å². The molecular weight excluding hydrogens is 653 g/mol. The third-order valence-corrected chi connectivity index (χ3v) is 11.9. The Labute approximate surface area is 306 Å². The van der Waals surface area contributed by atoms with Gasteiger partial charge in [0, 0.05) is 81.9 Å². The number of nitrogens with one attached hydrogen (secondary N) is 2. The highest BCUT2D eigenvalue weighted by Gasteiger charge is 2.57. The number of likely N-dealkylation sites (tertiary alicyclic amines) is 1. The minimum absolute atomic E-state index is 0.207. The second kappa shape index (κ2) is 14.2. The van der Waals surface area contributed by atoms with Gasteiger partial charge in [-0.05, 0) is 92.3 Å². The van der Waals surface area contributed by atoms with Gasteiger partial charge in [0.15, 0.2) is 5.65 Å². The molecule has 2 aromatic carbocycles. The van der Waals surface area contributed by atoms with Crippen molar-refractivity contribution in [3.8, 4) is 11.1 Å². The number of hydrogen-bond acceptors (Lipinski definition) is 8. The number of anilines is 1. The molecule has 8 rings (SSSR count). The Balaban J connectivity index is 1.14. The normalized spacial score (nSPS) is 21.1. The Hall–Kier alpha value is -4.32. The third kappa shape index (κ3) is 6.58. The molecule has 274 valence electrons. The molecule has 4 N–H and O–H groups in total. The molecule has 4 aliphatic rings. The maximum absolute atomic E-state index is 14.5. The van der Waals surface area contributed by atoms with E-state index in [1.54, 1.807) is 0 Å². The maximum Gasteiger partial charge on any atom is 0.238 e. The fourth-order valence-electron chi connectivity index (χ4n) is 8.68. The molecule has 11 nitrogen and oxygen atoms in total. The van der Waals surface area contributed by atoms with Crippen molar-refractivity contribution in [3.05, 3.63) is 76.6 Å². The van der Waals surface area contributed by atoms with Gasteiger partial charge >= 0.3 is 0 Å². The first-order chi connectivity index (χ1) is 25.3. The first kappa shape index (κ1) is 34.7. The maximum atomic E-state index is 14.5. The number of amides is 2. The van der Waals surface area contributed by atoms with Crippen LogP contribution in [0.3, 0.4) is 0 Å². The number of aryl methyl sites for hydroxylation is 3. The number of piperazine rings is 1. The summed E-state index contributed by atoms with van der Waals surface area (Å²) in [6, 6.07) is 16.8. The molecule has 11 heteroatoms. The summed E-state index contributed by atoms with van der Waals surface area (Å²) in [6.07, 6.45) is 6.56. The fraction of sp³-hybridized carbons (Fsp3) is 0.512. The minimum atomic E-state index is -1.16. The first-order valence-corrected chi connectivity index (χ1v) is 19.2. The molecule has 4 fully saturated rings. The van der Waals surface area contributed by atoms with E-state index in [4.69, 9.17) is 15.5 Å². The lowest BCUT2D eigenvalue weighted by molar-refractivity contribution is -0.144. The van der Waals surface area contributed by atoms with Crippen LogP contribution in [0.5, 0.6) is 0 Å². The van der Waals surface area contributed by atoms with Crippen LogP contribution in [0.1, 0.15) is 73.9 Å². The predicted molar refractivity (Wildman–Crippen MR) is 202 cm³/mol. The number of nitrogens with two attached hydrogens (primary N) is 1. The molecule has 2 bridgehead atoms. The van der Waals surface area contributed by atoms with Crippen LogP contribution in [0.25, 0.3) is 22.2 Å². The highest BCUT2D eigenvalue weighted by atomic mass is 16.5. The Bertz CT molecular complexity index is 1980. The summed E-state index contributed by atoms with van der Waals surface area (Å²) in [5, 5.41) is 13.1. The summed E-state index contributed by atoms with van der Waals surface area (Å²) in [5.74, 6) is -0.748. The lowest BCUT2D eigenvalue weighted by atomic mass is 9.95. The van der Waals surface area contributed by atoms with E-state index < -0.39 is 11.3 Å². The number of hydrogen-bond donors (Lipinski definition) is 3. The van der Waals surface area contributed by atoms with Crippen molar-refractivity contribution in [2.45, 2.75) is 104 Å². The van der Waals surface area contributed by atoms with E-state index in [1.165, 1.54) is 23.1 Å². The highest BCUT2D eigenvalue weighted by molar-refractivity contribution is 6.07. The van der Waals surface area contributed by atoms with Crippen LogP contribution in [-0.2, 0) is 46.9 Å². The Morgan fingerprint density at radius 2 is 1.92 bits per heavy atom. The highest BCUT2D eigenvalue weighted by Crippen LogP contribution is 2.48. The smallest absolute Gasteiger partial charge is 0.238 e. The van der Waals surface area contributed by atoms with Crippen LogP contribution in [0, 0.1) is 12.3 Å². The third-order valence-electron chi connectivity index (χ3n) is 11.9. The van der Waals surface area contributed by atoms with Gasteiger partial charge in [0.1, 0.15) is 5.41 Å². The van der Waals surface area contributed by atoms with Gasteiger partial charge in [0.05, 0.1) is 17.3 Å². The Morgan fingerprint density at radius 3 is 2.62 bits per heavy atom. The van der Waals surface area contributed by atoms with E-state index in [-0.39, 0.29) is 11.9 Å². The molecule has 2 aromatic heterocycles. The number of pyridine rings is 1. The standard InChI is InChI=1S/C41H52N8O3/c1-4-36-35(37(45-30-11-15-52-16-12-30)34-21-44-49(5-2)38(34)46-36)25-48(40(51)41(13-14-41)39(42)50)23-28-10-9-26(3)33(18-28)29-8-6-7-27(17-29)22-47-24-31-19-32(47)20-43-31/h6-10,17-18,21,30-32,43H,4-5,11-16,19-20,22-25H2,1-3H3,(H2,42,50)(H,45,46)/t31-,32-/m0/s1. The van der Waals surface area contributed by atoms with Gasteiger partial charge in [0.2, 0.25) is 11.8 Å². The number of nitrogens with zero attached hydrogens (tertiary/aromatic N) is 5. The quantitative estimate of drug-likeness (QED) is 0.167. The van der Waals surface area contributed by atoms with E-state index in [9.17, 15) is 9.59 Å². The number of fused-ring (bicyclic) bond motifs is 3. The first-order valence-electron chi connectivity index (χ1n) is 19.2. The second-order valence-corrected chi connectivity index (χ2v) is 15.4. The molecule has 3 saturated heterocycles. The number of rotatable bonds is 13. The predicted octanol–water partition coefficient (Wildman–Crippen LogP) is 4.92. The zero-order chi connectivity index (χ0) is 36.0. The van der Waals surface area contributed by atoms with Crippen LogP contribution in [0.4, 0.5) is 5.69 Å². The number of carbonyl (C=O) groups excluding carboxylic acids is 2. The molecule has 4 aromatic rings. The summed E-state index contributed by atoms with van der Waals surface area (Å²) in [6.45, 7) is 12.2. The summed E-state index contributed by atoms with van der Waals surface area (Å²) in [5.41, 5.74) is 14.3.